The van der Waals surface area contributed by atoms with Crippen molar-refractivity contribution in [3.63, 3.8) is 0 Å². The molecule has 3 aromatic rings. The molecule has 4 rings (SSSR count). The quantitative estimate of drug-likeness (QED) is 0.608. The molecular weight excluding hydrogens is 407 g/mol. The summed E-state index contributed by atoms with van der Waals surface area (Å²) < 4.78 is 38.5. The number of nitrogens with zero attached hydrogens (tertiary/aromatic N) is 3. The molecule has 2 heterocycles. The van der Waals surface area contributed by atoms with Crippen LogP contribution in [0.15, 0.2) is 53.3 Å². The minimum atomic E-state index is -2.25. The summed E-state index contributed by atoms with van der Waals surface area (Å²) >= 11 is -2.25. The van der Waals surface area contributed by atoms with E-state index in [0.29, 0.717) is 29.4 Å². The summed E-state index contributed by atoms with van der Waals surface area (Å²) in [7, 11) is 0. The van der Waals surface area contributed by atoms with Gasteiger partial charge in [0.1, 0.15) is 5.82 Å². The van der Waals surface area contributed by atoms with Gasteiger partial charge in [-0.1, -0.05) is 18.2 Å². The normalized spacial score (nSPS) is 17.9. The van der Waals surface area contributed by atoms with Crippen LogP contribution < -0.4 is 15.2 Å². The number of anilines is 1. The molecule has 7 nitrogen and oxygen atoms in total. The lowest BCUT2D eigenvalue weighted by Crippen LogP contribution is -2.38. The SMILES string of the molecule is O=c1c2ccccc2c(N2CCC[C@@H](CCNS(=O)[O-])C2)nn1-c1ccc(F)cc1. The second kappa shape index (κ2) is 9.03. The van der Waals surface area contributed by atoms with Gasteiger partial charge in [-0.25, -0.2) is 9.11 Å². The molecule has 2 atom stereocenters. The summed E-state index contributed by atoms with van der Waals surface area (Å²) in [5, 5.41) is 5.99. The van der Waals surface area contributed by atoms with Crippen molar-refractivity contribution in [3.05, 3.63) is 64.7 Å². The van der Waals surface area contributed by atoms with E-state index < -0.39 is 11.3 Å². The van der Waals surface area contributed by atoms with E-state index in [4.69, 9.17) is 0 Å². The van der Waals surface area contributed by atoms with Crippen LogP contribution in [0.4, 0.5) is 10.2 Å². The van der Waals surface area contributed by atoms with E-state index in [1.807, 2.05) is 18.2 Å². The number of halogens is 1. The van der Waals surface area contributed by atoms with E-state index in [9.17, 15) is 17.9 Å². The van der Waals surface area contributed by atoms with Crippen LogP contribution in [0.2, 0.25) is 0 Å². The number of hydrogen-bond acceptors (Lipinski definition) is 5. The Hall–Kier alpha value is -2.62. The van der Waals surface area contributed by atoms with E-state index in [1.54, 1.807) is 6.07 Å². The van der Waals surface area contributed by atoms with E-state index in [1.165, 1.54) is 28.9 Å². The third kappa shape index (κ3) is 4.43. The van der Waals surface area contributed by atoms with Crippen molar-refractivity contribution in [1.82, 2.24) is 14.5 Å². The molecule has 9 heteroatoms. The van der Waals surface area contributed by atoms with Crippen molar-refractivity contribution >= 4 is 27.9 Å². The maximum absolute atomic E-state index is 13.4. The Bertz CT molecular complexity index is 1120. The van der Waals surface area contributed by atoms with Gasteiger partial charge in [0.2, 0.25) is 0 Å². The Balaban J connectivity index is 1.71. The highest BCUT2D eigenvalue weighted by molar-refractivity contribution is 7.77. The average molecular weight is 429 g/mol. The van der Waals surface area contributed by atoms with Crippen LogP contribution in [0.25, 0.3) is 16.5 Å². The smallest absolute Gasteiger partial charge is 0.279 e. The summed E-state index contributed by atoms with van der Waals surface area (Å²) in [6, 6.07) is 13.0. The van der Waals surface area contributed by atoms with E-state index in [-0.39, 0.29) is 11.4 Å². The number of rotatable bonds is 6. The van der Waals surface area contributed by atoms with Crippen LogP contribution in [0, 0.1) is 11.7 Å². The number of nitrogens with one attached hydrogen (secondary N) is 1. The second-order valence-electron chi connectivity index (χ2n) is 7.43. The highest BCUT2D eigenvalue weighted by Crippen LogP contribution is 2.28. The molecular formula is C21H22FN4O3S-. The molecule has 0 amide bonds. The largest absolute Gasteiger partial charge is 0.760 e. The predicted octanol–water partition coefficient (Wildman–Crippen LogP) is 2.51. The molecule has 1 saturated heterocycles. The average Bonchev–Trinajstić information content (AvgIpc) is 2.75. The van der Waals surface area contributed by atoms with Gasteiger partial charge in [0.25, 0.3) is 5.56 Å². The van der Waals surface area contributed by atoms with Gasteiger partial charge in [0, 0.05) is 36.3 Å². The number of hydrogen-bond donors (Lipinski definition) is 1. The van der Waals surface area contributed by atoms with Gasteiger partial charge in [-0.2, -0.15) is 4.68 Å². The van der Waals surface area contributed by atoms with Gasteiger partial charge < -0.3 is 9.45 Å². The Morgan fingerprint density at radius 2 is 1.90 bits per heavy atom. The Morgan fingerprint density at radius 1 is 1.17 bits per heavy atom. The van der Waals surface area contributed by atoms with Crippen LogP contribution >= 0.6 is 0 Å². The van der Waals surface area contributed by atoms with Crippen LogP contribution in [-0.4, -0.2) is 38.2 Å². The van der Waals surface area contributed by atoms with Gasteiger partial charge in [-0.05, 0) is 55.5 Å². The molecule has 158 valence electrons. The van der Waals surface area contributed by atoms with E-state index in [0.717, 1.165) is 37.7 Å². The summed E-state index contributed by atoms with van der Waals surface area (Å²) in [4.78, 5) is 15.2. The minimum absolute atomic E-state index is 0.253. The van der Waals surface area contributed by atoms with Crippen LogP contribution in [0.1, 0.15) is 19.3 Å². The monoisotopic (exact) mass is 429 g/mol. The topological polar surface area (TPSA) is 90.3 Å². The van der Waals surface area contributed by atoms with Crippen LogP contribution in [0.5, 0.6) is 0 Å². The molecule has 1 aliphatic rings. The van der Waals surface area contributed by atoms with Crippen LogP contribution in [0.3, 0.4) is 0 Å². The minimum Gasteiger partial charge on any atom is -0.760 e. The summed E-state index contributed by atoms with van der Waals surface area (Å²) in [6.45, 7) is 1.93. The van der Waals surface area contributed by atoms with Gasteiger partial charge >= 0.3 is 0 Å². The lowest BCUT2D eigenvalue weighted by molar-refractivity contribution is 0.388. The fraction of sp³-hybridized carbons (Fsp3) is 0.333. The van der Waals surface area contributed by atoms with Crippen LogP contribution in [-0.2, 0) is 11.3 Å². The molecule has 0 bridgehead atoms. The Labute approximate surface area is 175 Å². The third-order valence-corrected chi connectivity index (χ3v) is 5.89. The van der Waals surface area contributed by atoms with Crippen molar-refractivity contribution in [1.29, 1.82) is 0 Å². The first-order valence-corrected chi connectivity index (χ1v) is 11.0. The highest BCUT2D eigenvalue weighted by atomic mass is 32.2. The van der Waals surface area contributed by atoms with Gasteiger partial charge in [0.15, 0.2) is 5.82 Å². The maximum atomic E-state index is 13.4. The lowest BCUT2D eigenvalue weighted by atomic mass is 9.94. The van der Waals surface area contributed by atoms with Crippen molar-refractivity contribution in [2.24, 2.45) is 5.92 Å². The number of aromatic nitrogens is 2. The standard InChI is InChI=1S/C21H23FN4O3S/c22-16-7-9-17(10-8-16)26-21(27)19-6-2-1-5-18(19)20(24-26)25-13-3-4-15(14-25)11-12-23-30(28)29/h1-2,5-10,15,23H,3-4,11-14H2,(H,28,29)/p-1/t15-/m0/s1. The summed E-state index contributed by atoms with van der Waals surface area (Å²) in [5.41, 5.74) is 0.251. The Morgan fingerprint density at radius 3 is 2.63 bits per heavy atom. The molecule has 0 spiro atoms. The molecule has 1 fully saturated rings. The first kappa shape index (κ1) is 20.6. The molecule has 0 aliphatic carbocycles. The molecule has 1 aromatic heterocycles. The van der Waals surface area contributed by atoms with Crippen molar-refractivity contribution in [2.75, 3.05) is 24.5 Å². The molecule has 30 heavy (non-hydrogen) atoms. The second-order valence-corrected chi connectivity index (χ2v) is 8.19. The molecule has 0 radical (unpaired) electrons. The number of piperidine rings is 1. The van der Waals surface area contributed by atoms with E-state index >= 15 is 0 Å². The fourth-order valence-electron chi connectivity index (χ4n) is 4.00. The third-order valence-electron chi connectivity index (χ3n) is 5.45. The number of fused-ring (bicyclic) bond motifs is 1. The van der Waals surface area contributed by atoms with Gasteiger partial charge in [-0.15, -0.1) is 5.10 Å². The zero-order chi connectivity index (χ0) is 21.1. The van der Waals surface area contributed by atoms with E-state index in [2.05, 4.69) is 14.7 Å². The lowest BCUT2D eigenvalue weighted by Gasteiger charge is -2.34. The number of benzene rings is 2. The first-order chi connectivity index (χ1) is 14.5. The fourth-order valence-corrected chi connectivity index (χ4v) is 4.29. The van der Waals surface area contributed by atoms with Crippen molar-refractivity contribution in [3.8, 4) is 5.69 Å². The molecule has 0 saturated carbocycles. The summed E-state index contributed by atoms with van der Waals surface area (Å²) in [6.07, 6.45) is 2.70. The first-order valence-electron chi connectivity index (χ1n) is 9.88. The van der Waals surface area contributed by atoms with Crippen molar-refractivity contribution in [2.45, 2.75) is 19.3 Å². The molecule has 1 N–H and O–H groups in total. The Kier molecular flexibility index (Phi) is 6.21. The zero-order valence-corrected chi connectivity index (χ0v) is 17.1. The van der Waals surface area contributed by atoms with Gasteiger partial charge in [0.05, 0.1) is 11.1 Å². The predicted molar refractivity (Wildman–Crippen MR) is 114 cm³/mol. The van der Waals surface area contributed by atoms with Crippen molar-refractivity contribution < 1.29 is 13.2 Å². The molecule has 1 aliphatic heterocycles. The summed E-state index contributed by atoms with van der Waals surface area (Å²) in [5.74, 6) is 0.653. The maximum Gasteiger partial charge on any atom is 0.279 e. The van der Waals surface area contributed by atoms with Gasteiger partial charge in [-0.3, -0.25) is 9.00 Å². The molecule has 1 unspecified atom stereocenters. The highest BCUT2D eigenvalue weighted by Gasteiger charge is 2.24. The zero-order valence-electron chi connectivity index (χ0n) is 16.3. The molecule has 2 aromatic carbocycles.